The maximum Gasteiger partial charge on any atom is 0.235 e. The molecule has 0 unspecified atom stereocenters. The number of sulfonamides is 1. The van der Waals surface area contributed by atoms with E-state index in [9.17, 15) is 13.2 Å². The van der Waals surface area contributed by atoms with Gasteiger partial charge < -0.3 is 5.32 Å². The molecule has 0 aromatic carbocycles. The zero-order valence-corrected chi connectivity index (χ0v) is 10.1. The van der Waals surface area contributed by atoms with Gasteiger partial charge in [-0.1, -0.05) is 0 Å². The highest BCUT2D eigenvalue weighted by molar-refractivity contribution is 7.89. The number of hydrogen-bond acceptors (Lipinski definition) is 3. The molecule has 0 radical (unpaired) electrons. The highest BCUT2D eigenvalue weighted by atomic mass is 32.2. The second-order valence-corrected chi connectivity index (χ2v) is 6.69. The Balaban J connectivity index is 1.80. The minimum Gasteiger partial charge on any atom is -0.355 e. The van der Waals surface area contributed by atoms with E-state index < -0.39 is 10.0 Å². The number of amides is 1. The predicted octanol–water partition coefficient (Wildman–Crippen LogP) is -0.0618. The average molecular weight is 246 g/mol. The zero-order valence-electron chi connectivity index (χ0n) is 9.31. The molecule has 6 heteroatoms. The minimum absolute atomic E-state index is 0.00491. The van der Waals surface area contributed by atoms with E-state index in [1.54, 1.807) is 0 Å². The summed E-state index contributed by atoms with van der Waals surface area (Å²) in [5.74, 6) is 0.641. The van der Waals surface area contributed by atoms with Crippen molar-refractivity contribution in [2.75, 3.05) is 25.4 Å². The van der Waals surface area contributed by atoms with Gasteiger partial charge in [-0.15, -0.1) is 0 Å². The largest absolute Gasteiger partial charge is 0.355 e. The molecule has 16 heavy (non-hydrogen) atoms. The average Bonchev–Trinajstić information content (AvgIpc) is 3.02. The first-order chi connectivity index (χ1) is 7.58. The first kappa shape index (κ1) is 11.9. The highest BCUT2D eigenvalue weighted by Gasteiger charge is 2.28. The Hall–Kier alpha value is -0.620. The molecular weight excluding hydrogens is 228 g/mol. The van der Waals surface area contributed by atoms with Crippen LogP contribution in [-0.4, -0.2) is 44.0 Å². The van der Waals surface area contributed by atoms with Crippen LogP contribution in [0.3, 0.4) is 0 Å². The van der Waals surface area contributed by atoms with Crippen LogP contribution in [0.4, 0.5) is 0 Å². The molecule has 2 fully saturated rings. The van der Waals surface area contributed by atoms with E-state index in [4.69, 9.17) is 0 Å². The first-order valence-electron chi connectivity index (χ1n) is 5.82. The number of hydrogen-bond donors (Lipinski definition) is 1. The fourth-order valence-electron chi connectivity index (χ4n) is 1.81. The van der Waals surface area contributed by atoms with E-state index in [2.05, 4.69) is 5.32 Å². The lowest BCUT2D eigenvalue weighted by molar-refractivity contribution is -0.121. The van der Waals surface area contributed by atoms with Crippen LogP contribution in [0.5, 0.6) is 0 Å². The Morgan fingerprint density at radius 1 is 1.31 bits per heavy atom. The molecule has 1 aliphatic carbocycles. The number of carbonyl (C=O) groups is 1. The molecule has 1 saturated carbocycles. The van der Waals surface area contributed by atoms with Crippen LogP contribution in [0.2, 0.25) is 0 Å². The molecular formula is C10H18N2O3S. The van der Waals surface area contributed by atoms with Crippen molar-refractivity contribution in [2.24, 2.45) is 5.92 Å². The standard InChI is InChI=1S/C10H18N2O3S/c13-10(11-7-9-3-4-9)8-12-5-1-2-6-16(12,14)15/h9H,1-8H2,(H,11,13). The normalized spacial score (nSPS) is 25.2. The van der Waals surface area contributed by atoms with Crippen LogP contribution in [0.1, 0.15) is 25.7 Å². The molecule has 1 N–H and O–H groups in total. The molecule has 92 valence electrons. The lowest BCUT2D eigenvalue weighted by Crippen LogP contribution is -2.44. The molecule has 0 atom stereocenters. The van der Waals surface area contributed by atoms with Crippen molar-refractivity contribution in [3.63, 3.8) is 0 Å². The van der Waals surface area contributed by atoms with Gasteiger partial charge in [-0.05, 0) is 31.6 Å². The number of rotatable bonds is 4. The fraction of sp³-hybridized carbons (Fsp3) is 0.900. The van der Waals surface area contributed by atoms with Crippen LogP contribution >= 0.6 is 0 Å². The van der Waals surface area contributed by atoms with E-state index in [1.165, 1.54) is 17.1 Å². The third kappa shape index (κ3) is 3.18. The lowest BCUT2D eigenvalue weighted by atomic mass is 10.3. The van der Waals surface area contributed by atoms with Crippen LogP contribution in [-0.2, 0) is 14.8 Å². The Labute approximate surface area is 96.2 Å². The van der Waals surface area contributed by atoms with Crippen molar-refractivity contribution in [3.8, 4) is 0 Å². The quantitative estimate of drug-likeness (QED) is 0.755. The van der Waals surface area contributed by atoms with Crippen LogP contribution in [0, 0.1) is 5.92 Å². The highest BCUT2D eigenvalue weighted by Crippen LogP contribution is 2.27. The van der Waals surface area contributed by atoms with Gasteiger partial charge in [0.1, 0.15) is 0 Å². The second kappa shape index (κ2) is 4.71. The van der Waals surface area contributed by atoms with E-state index in [0.29, 0.717) is 25.4 Å². The monoisotopic (exact) mass is 246 g/mol. The maximum atomic E-state index is 11.6. The molecule has 0 aromatic heterocycles. The summed E-state index contributed by atoms with van der Waals surface area (Å²) in [4.78, 5) is 11.5. The second-order valence-electron chi connectivity index (χ2n) is 4.60. The molecule has 0 spiro atoms. The van der Waals surface area contributed by atoms with Crippen LogP contribution in [0.15, 0.2) is 0 Å². The van der Waals surface area contributed by atoms with E-state index >= 15 is 0 Å². The molecule has 2 rings (SSSR count). The molecule has 2 aliphatic rings. The van der Waals surface area contributed by atoms with Gasteiger partial charge in [0, 0.05) is 13.1 Å². The van der Waals surface area contributed by atoms with E-state index in [1.807, 2.05) is 0 Å². The molecule has 1 saturated heterocycles. The molecule has 0 aromatic rings. The van der Waals surface area contributed by atoms with Crippen molar-refractivity contribution >= 4 is 15.9 Å². The number of nitrogens with one attached hydrogen (secondary N) is 1. The molecule has 1 aliphatic heterocycles. The zero-order chi connectivity index (χ0) is 11.6. The fourth-order valence-corrected chi connectivity index (χ4v) is 3.36. The van der Waals surface area contributed by atoms with E-state index in [-0.39, 0.29) is 18.2 Å². The van der Waals surface area contributed by atoms with Gasteiger partial charge in [0.05, 0.1) is 12.3 Å². The van der Waals surface area contributed by atoms with Crippen molar-refractivity contribution in [1.29, 1.82) is 0 Å². The first-order valence-corrected chi connectivity index (χ1v) is 7.43. The van der Waals surface area contributed by atoms with Crippen LogP contribution in [0.25, 0.3) is 0 Å². The van der Waals surface area contributed by atoms with Gasteiger partial charge in [-0.25, -0.2) is 8.42 Å². The third-order valence-electron chi connectivity index (χ3n) is 3.06. The number of carbonyl (C=O) groups excluding carboxylic acids is 1. The van der Waals surface area contributed by atoms with E-state index in [0.717, 1.165) is 6.42 Å². The summed E-state index contributed by atoms with van der Waals surface area (Å²) in [5, 5.41) is 2.78. The van der Waals surface area contributed by atoms with Crippen LogP contribution < -0.4 is 5.32 Å². The number of nitrogens with zero attached hydrogens (tertiary/aromatic N) is 1. The van der Waals surface area contributed by atoms with Crippen molar-refractivity contribution in [3.05, 3.63) is 0 Å². The Morgan fingerprint density at radius 3 is 2.69 bits per heavy atom. The van der Waals surface area contributed by atoms with Crippen molar-refractivity contribution in [1.82, 2.24) is 9.62 Å². The summed E-state index contributed by atoms with van der Waals surface area (Å²) >= 11 is 0. The van der Waals surface area contributed by atoms with Gasteiger partial charge >= 0.3 is 0 Å². The minimum atomic E-state index is -3.17. The summed E-state index contributed by atoms with van der Waals surface area (Å²) in [6.07, 6.45) is 3.93. The summed E-state index contributed by atoms with van der Waals surface area (Å²) in [6, 6.07) is 0. The van der Waals surface area contributed by atoms with Gasteiger partial charge in [-0.3, -0.25) is 4.79 Å². The van der Waals surface area contributed by atoms with Crippen molar-refractivity contribution in [2.45, 2.75) is 25.7 Å². The Bertz CT molecular complexity index is 362. The molecule has 5 nitrogen and oxygen atoms in total. The molecule has 1 amide bonds. The molecule has 1 heterocycles. The summed E-state index contributed by atoms with van der Waals surface area (Å²) in [6.45, 7) is 1.18. The summed E-state index contributed by atoms with van der Waals surface area (Å²) in [7, 11) is -3.17. The Kier molecular flexibility index (Phi) is 3.49. The van der Waals surface area contributed by atoms with Gasteiger partial charge in [0.2, 0.25) is 15.9 Å². The van der Waals surface area contributed by atoms with Gasteiger partial charge in [0.15, 0.2) is 0 Å². The van der Waals surface area contributed by atoms with Crippen molar-refractivity contribution < 1.29 is 13.2 Å². The topological polar surface area (TPSA) is 66.5 Å². The maximum absolute atomic E-state index is 11.6. The summed E-state index contributed by atoms with van der Waals surface area (Å²) in [5.41, 5.74) is 0. The lowest BCUT2D eigenvalue weighted by Gasteiger charge is -2.25. The molecule has 0 bridgehead atoms. The van der Waals surface area contributed by atoms with Gasteiger partial charge in [-0.2, -0.15) is 4.31 Å². The summed E-state index contributed by atoms with van der Waals surface area (Å²) < 4.78 is 24.5. The third-order valence-corrected chi connectivity index (χ3v) is 4.96. The predicted molar refractivity (Wildman–Crippen MR) is 60.3 cm³/mol. The SMILES string of the molecule is O=C(CN1CCCCS1(=O)=O)NCC1CC1. The smallest absolute Gasteiger partial charge is 0.235 e. The Morgan fingerprint density at radius 2 is 2.06 bits per heavy atom. The van der Waals surface area contributed by atoms with Gasteiger partial charge in [0.25, 0.3) is 0 Å².